The Morgan fingerprint density at radius 2 is 1.79 bits per heavy atom. The molecule has 10 heteroatoms. The fraction of sp³-hybridized carbons (Fsp3) is 0.571. The van der Waals surface area contributed by atoms with Gasteiger partial charge in [0.05, 0.1) is 22.4 Å². The van der Waals surface area contributed by atoms with Gasteiger partial charge in [0.25, 0.3) is 5.91 Å². The molecule has 1 aromatic heterocycles. The lowest BCUT2D eigenvalue weighted by atomic mass is 9.71. The quantitative estimate of drug-likeness (QED) is 0.506. The number of amides is 1. The van der Waals surface area contributed by atoms with Crippen LogP contribution in [0.25, 0.3) is 10.9 Å². The van der Waals surface area contributed by atoms with E-state index in [1.807, 2.05) is 44.2 Å². The van der Waals surface area contributed by atoms with Crippen LogP contribution in [0.15, 0.2) is 41.9 Å². The van der Waals surface area contributed by atoms with Crippen LogP contribution < -0.4 is 10.6 Å². The Morgan fingerprint density at radius 3 is 2.42 bits per heavy atom. The van der Waals surface area contributed by atoms with Crippen LogP contribution in [0.4, 0.5) is 4.79 Å². The normalized spacial score (nSPS) is 26.9. The Morgan fingerprint density at radius 1 is 1.13 bits per heavy atom. The van der Waals surface area contributed by atoms with Crippen molar-refractivity contribution in [2.75, 3.05) is 7.05 Å². The Hall–Kier alpha value is -2.66. The van der Waals surface area contributed by atoms with Crippen LogP contribution in [-0.2, 0) is 9.31 Å². The lowest BCUT2D eigenvalue weighted by molar-refractivity contribution is 0.00578. The van der Waals surface area contributed by atoms with E-state index in [-0.39, 0.29) is 37.2 Å². The summed E-state index contributed by atoms with van der Waals surface area (Å²) in [5, 5.41) is 18.0. The molecule has 0 saturated carbocycles. The topological polar surface area (TPSA) is 105 Å². The summed E-state index contributed by atoms with van der Waals surface area (Å²) in [6.45, 7) is 12.0. The maximum atomic E-state index is 14.0. The zero-order valence-electron chi connectivity index (χ0n) is 23.3. The monoisotopic (exact) mass is 522 g/mol. The van der Waals surface area contributed by atoms with Gasteiger partial charge in [0, 0.05) is 24.5 Å². The first-order valence-corrected chi connectivity index (χ1v) is 13.5. The predicted molar refractivity (Wildman–Crippen MR) is 147 cm³/mol. The van der Waals surface area contributed by atoms with Gasteiger partial charge in [-0.05, 0) is 64.1 Å². The van der Waals surface area contributed by atoms with Crippen molar-refractivity contribution in [2.45, 2.75) is 89.9 Å². The first kappa shape index (κ1) is 26.9. The number of para-hydroxylation sites is 1. The summed E-state index contributed by atoms with van der Waals surface area (Å²) in [6.07, 6.45) is 2.58. The Labute approximate surface area is 224 Å². The van der Waals surface area contributed by atoms with Crippen molar-refractivity contribution < 1.29 is 24.0 Å². The highest BCUT2D eigenvalue weighted by molar-refractivity contribution is 6.54. The molecule has 2 fully saturated rings. The number of hydrogen-bond acceptors (Lipinski definition) is 6. The van der Waals surface area contributed by atoms with Crippen LogP contribution in [-0.4, -0.2) is 70.1 Å². The maximum absolute atomic E-state index is 14.0. The third-order valence-electron chi connectivity index (χ3n) is 8.73. The fourth-order valence-corrected chi connectivity index (χ4v) is 5.88. The van der Waals surface area contributed by atoms with Gasteiger partial charge >= 0.3 is 13.2 Å². The second-order valence-electron chi connectivity index (χ2n) is 12.2. The van der Waals surface area contributed by atoms with E-state index >= 15 is 0 Å². The van der Waals surface area contributed by atoms with Gasteiger partial charge < -0.3 is 14.4 Å². The molecule has 38 heavy (non-hydrogen) atoms. The highest BCUT2D eigenvalue weighted by atomic mass is 16.7. The summed E-state index contributed by atoms with van der Waals surface area (Å²) in [7, 11) is 1.09. The standard InChI is InChI=1S/C28H39BN4O5/c1-16(2)23(32(7)26(35)36)25(34)33-21-11-9-8-10-17(21)14-22(33)24-30-19-13-12-18(15-20(19)31-24)29-37-27(3,4)28(5,6)38-29/h8-11,14-16,19-20,23-24,30-31H,12-13H2,1-7H3,(H,35,36)/t19-,20-,23-,24+/m0/s1. The second-order valence-corrected chi connectivity index (χ2v) is 12.2. The minimum atomic E-state index is -1.13. The molecular weight excluding hydrogens is 483 g/mol. The highest BCUT2D eigenvalue weighted by Gasteiger charge is 2.53. The first-order valence-electron chi connectivity index (χ1n) is 13.5. The van der Waals surface area contributed by atoms with Crippen LogP contribution in [0.3, 0.4) is 0 Å². The van der Waals surface area contributed by atoms with Gasteiger partial charge in [-0.25, -0.2) is 4.79 Å². The fourth-order valence-electron chi connectivity index (χ4n) is 5.88. The van der Waals surface area contributed by atoms with Gasteiger partial charge in [0.15, 0.2) is 0 Å². The van der Waals surface area contributed by atoms with Crippen LogP contribution >= 0.6 is 0 Å². The number of carboxylic acid groups (broad SMARTS) is 1. The summed E-state index contributed by atoms with van der Waals surface area (Å²) < 4.78 is 14.3. The van der Waals surface area contributed by atoms with Crippen molar-refractivity contribution in [1.29, 1.82) is 0 Å². The molecule has 4 atom stereocenters. The van der Waals surface area contributed by atoms with Crippen molar-refractivity contribution >= 4 is 30.0 Å². The molecule has 5 rings (SSSR count). The Balaban J connectivity index is 1.46. The van der Waals surface area contributed by atoms with E-state index < -0.39 is 23.3 Å². The number of likely N-dealkylation sites (N-methyl/N-ethyl adjacent to an activating group) is 1. The van der Waals surface area contributed by atoms with Crippen molar-refractivity contribution in [1.82, 2.24) is 20.1 Å². The average molecular weight is 522 g/mol. The van der Waals surface area contributed by atoms with Gasteiger partial charge in [-0.1, -0.05) is 38.1 Å². The van der Waals surface area contributed by atoms with Crippen molar-refractivity contribution in [2.24, 2.45) is 5.92 Å². The summed E-state index contributed by atoms with van der Waals surface area (Å²) >= 11 is 0. The molecule has 0 bridgehead atoms. The van der Waals surface area contributed by atoms with E-state index in [4.69, 9.17) is 9.31 Å². The molecule has 0 radical (unpaired) electrons. The number of aromatic nitrogens is 1. The highest BCUT2D eigenvalue weighted by Crippen LogP contribution is 2.41. The molecule has 1 aromatic carbocycles. The molecule has 0 unspecified atom stereocenters. The second kappa shape index (κ2) is 9.52. The molecule has 9 nitrogen and oxygen atoms in total. The Kier molecular flexibility index (Phi) is 6.75. The summed E-state index contributed by atoms with van der Waals surface area (Å²) in [4.78, 5) is 26.9. The Bertz CT molecular complexity index is 1270. The van der Waals surface area contributed by atoms with Crippen LogP contribution in [0.1, 0.15) is 71.0 Å². The number of carbonyl (C=O) groups is 2. The van der Waals surface area contributed by atoms with Gasteiger partial charge in [-0.2, -0.15) is 0 Å². The van der Waals surface area contributed by atoms with E-state index in [1.54, 1.807) is 4.57 Å². The number of carbonyl (C=O) groups excluding carboxylic acids is 1. The number of nitrogens with one attached hydrogen (secondary N) is 2. The molecular formula is C28H39BN4O5. The molecule has 2 aliphatic heterocycles. The third-order valence-corrected chi connectivity index (χ3v) is 8.73. The predicted octanol–water partition coefficient (Wildman–Crippen LogP) is 4.20. The first-order chi connectivity index (χ1) is 17.8. The van der Waals surface area contributed by atoms with Crippen LogP contribution in [0.2, 0.25) is 0 Å². The van der Waals surface area contributed by atoms with Crippen molar-refractivity contribution in [3.63, 3.8) is 0 Å². The van der Waals surface area contributed by atoms with Crippen LogP contribution in [0, 0.1) is 5.92 Å². The summed E-state index contributed by atoms with van der Waals surface area (Å²) in [5.41, 5.74) is 1.90. The SMILES string of the molecule is CC(C)[C@@H](C(=O)n1c([C@H]2N[C@H]3C=C(B4OC(C)(C)C(C)(C)O4)CC[C@@H]3N2)cc2ccccc21)N(C)C(=O)O. The molecule has 3 heterocycles. The minimum Gasteiger partial charge on any atom is -0.465 e. The number of nitrogens with zero attached hydrogens (tertiary/aromatic N) is 2. The lowest BCUT2D eigenvalue weighted by Crippen LogP contribution is -2.48. The lowest BCUT2D eigenvalue weighted by Gasteiger charge is -2.32. The zero-order chi connectivity index (χ0) is 27.6. The number of allylic oxidation sites excluding steroid dienone is 1. The minimum absolute atomic E-state index is 0.0481. The van der Waals surface area contributed by atoms with E-state index in [9.17, 15) is 14.7 Å². The molecule has 2 aromatic rings. The summed E-state index contributed by atoms with van der Waals surface area (Å²) in [5.74, 6) is -0.455. The molecule has 1 aliphatic carbocycles. The van der Waals surface area contributed by atoms with Crippen molar-refractivity contribution in [3.05, 3.63) is 47.6 Å². The molecule has 1 amide bonds. The van der Waals surface area contributed by atoms with Gasteiger partial charge in [-0.3, -0.25) is 24.9 Å². The number of benzene rings is 1. The number of rotatable bonds is 5. The average Bonchev–Trinajstić information content (AvgIpc) is 3.49. The van der Waals surface area contributed by atoms with Crippen molar-refractivity contribution in [3.8, 4) is 0 Å². The zero-order valence-corrected chi connectivity index (χ0v) is 23.3. The molecule has 204 valence electrons. The van der Waals surface area contributed by atoms with E-state index in [1.165, 1.54) is 7.05 Å². The molecule has 2 saturated heterocycles. The number of fused-ring (bicyclic) bond motifs is 2. The van der Waals surface area contributed by atoms with E-state index in [2.05, 4.69) is 44.4 Å². The summed E-state index contributed by atoms with van der Waals surface area (Å²) in [6, 6.07) is 9.17. The van der Waals surface area contributed by atoms with Crippen LogP contribution in [0.5, 0.6) is 0 Å². The largest absolute Gasteiger partial charge is 0.490 e. The van der Waals surface area contributed by atoms with E-state index in [0.717, 1.165) is 39.8 Å². The van der Waals surface area contributed by atoms with Gasteiger partial charge in [-0.15, -0.1) is 0 Å². The molecule has 3 aliphatic rings. The number of hydrogen-bond donors (Lipinski definition) is 3. The molecule has 3 N–H and O–H groups in total. The molecule has 0 spiro atoms. The maximum Gasteiger partial charge on any atom is 0.490 e. The van der Waals surface area contributed by atoms with Gasteiger partial charge in [0.2, 0.25) is 0 Å². The third kappa shape index (κ3) is 4.47. The van der Waals surface area contributed by atoms with E-state index in [0.29, 0.717) is 0 Å². The van der Waals surface area contributed by atoms with Gasteiger partial charge in [0.1, 0.15) is 12.2 Å². The smallest absolute Gasteiger partial charge is 0.465 e.